The summed E-state index contributed by atoms with van der Waals surface area (Å²) in [4.78, 5) is 12.3. The number of benzene rings is 2. The minimum atomic E-state index is -0.116. The van der Waals surface area contributed by atoms with Crippen LogP contribution in [0.1, 0.15) is 28.9 Å². The van der Waals surface area contributed by atoms with Crippen molar-refractivity contribution in [3.05, 3.63) is 64.1 Å². The fourth-order valence-electron chi connectivity index (χ4n) is 2.58. The fourth-order valence-corrected chi connectivity index (χ4v) is 2.84. The van der Waals surface area contributed by atoms with Crippen molar-refractivity contribution in [3.63, 3.8) is 0 Å². The van der Waals surface area contributed by atoms with Crippen molar-refractivity contribution in [2.75, 3.05) is 18.4 Å². The Labute approximate surface area is 144 Å². The van der Waals surface area contributed by atoms with E-state index in [0.717, 1.165) is 28.8 Å². The number of carbonyl (C=O) groups is 1. The number of halogens is 1. The number of rotatable bonds is 3. The lowest BCUT2D eigenvalue weighted by atomic mass is 10.0. The highest BCUT2D eigenvalue weighted by Gasteiger charge is 2.20. The molecule has 23 heavy (non-hydrogen) atoms. The molecule has 1 aliphatic heterocycles. The van der Waals surface area contributed by atoms with E-state index in [9.17, 15) is 4.79 Å². The van der Waals surface area contributed by atoms with Crippen LogP contribution in [0.5, 0.6) is 0 Å². The molecular formula is C18H19BrN2O2. The van der Waals surface area contributed by atoms with Crippen LogP contribution in [0.2, 0.25) is 0 Å². The highest BCUT2D eigenvalue weighted by molar-refractivity contribution is 9.10. The molecule has 2 N–H and O–H groups in total. The predicted octanol–water partition coefficient (Wildman–Crippen LogP) is 3.75. The fraction of sp³-hybridized carbons (Fsp3) is 0.278. The second-order valence-electron chi connectivity index (χ2n) is 5.68. The molecule has 2 aromatic rings. The van der Waals surface area contributed by atoms with Crippen LogP contribution >= 0.6 is 15.9 Å². The molecule has 0 radical (unpaired) electrons. The summed E-state index contributed by atoms with van der Waals surface area (Å²) >= 11 is 3.38. The van der Waals surface area contributed by atoms with E-state index in [1.807, 2.05) is 48.5 Å². The molecule has 0 unspecified atom stereocenters. The highest BCUT2D eigenvalue weighted by atomic mass is 79.9. The van der Waals surface area contributed by atoms with Crippen molar-refractivity contribution < 1.29 is 9.53 Å². The van der Waals surface area contributed by atoms with Crippen LogP contribution in [-0.2, 0) is 4.74 Å². The van der Waals surface area contributed by atoms with E-state index in [-0.39, 0.29) is 18.1 Å². The molecule has 3 rings (SSSR count). The summed E-state index contributed by atoms with van der Waals surface area (Å²) in [7, 11) is 0. The van der Waals surface area contributed by atoms with Gasteiger partial charge in [-0.25, -0.2) is 0 Å². The van der Waals surface area contributed by atoms with E-state index in [4.69, 9.17) is 4.74 Å². The van der Waals surface area contributed by atoms with Gasteiger partial charge in [-0.05, 0) is 48.9 Å². The lowest BCUT2D eigenvalue weighted by Gasteiger charge is -2.29. The summed E-state index contributed by atoms with van der Waals surface area (Å²) in [6.45, 7) is 3.73. The Kier molecular flexibility index (Phi) is 5.10. The number of carbonyl (C=O) groups excluding carboxylic acids is 1. The van der Waals surface area contributed by atoms with E-state index in [1.165, 1.54) is 0 Å². The lowest BCUT2D eigenvalue weighted by molar-refractivity contribution is -0.0287. The van der Waals surface area contributed by atoms with Gasteiger partial charge in [-0.15, -0.1) is 0 Å². The molecule has 0 saturated carbocycles. The Bertz CT molecular complexity index is 670. The van der Waals surface area contributed by atoms with Gasteiger partial charge in [-0.1, -0.05) is 28.1 Å². The van der Waals surface area contributed by atoms with Crippen LogP contribution in [0.25, 0.3) is 0 Å². The molecule has 1 fully saturated rings. The zero-order chi connectivity index (χ0) is 16.2. The number of hydrogen-bond donors (Lipinski definition) is 2. The van der Waals surface area contributed by atoms with E-state index in [2.05, 4.69) is 33.5 Å². The normalized spacial score (nSPS) is 21.0. The molecule has 4 nitrogen and oxygen atoms in total. The van der Waals surface area contributed by atoms with Gasteiger partial charge in [0.1, 0.15) is 0 Å². The summed E-state index contributed by atoms with van der Waals surface area (Å²) in [6.07, 6.45) is 0.247. The summed E-state index contributed by atoms with van der Waals surface area (Å²) in [6, 6.07) is 15.1. The summed E-state index contributed by atoms with van der Waals surface area (Å²) in [5, 5.41) is 6.24. The predicted molar refractivity (Wildman–Crippen MR) is 94.7 cm³/mol. The Morgan fingerprint density at radius 3 is 2.48 bits per heavy atom. The molecule has 2 aromatic carbocycles. The first-order valence-electron chi connectivity index (χ1n) is 7.65. The van der Waals surface area contributed by atoms with Crippen molar-refractivity contribution in [3.8, 4) is 0 Å². The van der Waals surface area contributed by atoms with Crippen LogP contribution in [0, 0.1) is 0 Å². The molecule has 1 saturated heterocycles. The molecule has 120 valence electrons. The van der Waals surface area contributed by atoms with Crippen molar-refractivity contribution in [2.45, 2.75) is 19.1 Å². The van der Waals surface area contributed by atoms with Crippen LogP contribution in [-0.4, -0.2) is 25.1 Å². The summed E-state index contributed by atoms with van der Waals surface area (Å²) < 4.78 is 6.89. The standard InChI is InChI=1S/C18H19BrN2O2/c1-12-10-20-11-17(23-12)13-2-4-14(5-3-13)18(22)21-16-8-6-15(19)7-9-16/h2-9,12,17,20H,10-11H2,1H3,(H,21,22)/t12-,17-/m1/s1. The number of anilines is 1. The van der Waals surface area contributed by atoms with Gasteiger partial charge in [0.2, 0.25) is 0 Å². The highest BCUT2D eigenvalue weighted by Crippen LogP contribution is 2.22. The molecular weight excluding hydrogens is 356 g/mol. The van der Waals surface area contributed by atoms with Crippen LogP contribution in [0.4, 0.5) is 5.69 Å². The smallest absolute Gasteiger partial charge is 0.255 e. The van der Waals surface area contributed by atoms with Gasteiger partial charge in [-0.2, -0.15) is 0 Å². The van der Waals surface area contributed by atoms with Crippen LogP contribution in [0.3, 0.4) is 0 Å². The van der Waals surface area contributed by atoms with Crippen molar-refractivity contribution in [1.82, 2.24) is 5.32 Å². The number of hydrogen-bond acceptors (Lipinski definition) is 3. The van der Waals surface area contributed by atoms with E-state index < -0.39 is 0 Å². The zero-order valence-electron chi connectivity index (χ0n) is 12.9. The zero-order valence-corrected chi connectivity index (χ0v) is 14.5. The van der Waals surface area contributed by atoms with Gasteiger partial charge < -0.3 is 15.4 Å². The van der Waals surface area contributed by atoms with Gasteiger partial charge in [0.05, 0.1) is 12.2 Å². The maximum absolute atomic E-state index is 12.3. The SMILES string of the molecule is C[C@@H]1CNC[C@H](c2ccc(C(=O)Nc3ccc(Br)cc3)cc2)O1. The second kappa shape index (κ2) is 7.25. The van der Waals surface area contributed by atoms with Crippen molar-refractivity contribution in [2.24, 2.45) is 0 Å². The number of nitrogens with one attached hydrogen (secondary N) is 2. The maximum atomic E-state index is 12.3. The van der Waals surface area contributed by atoms with Gasteiger partial charge in [0, 0.05) is 28.8 Å². The van der Waals surface area contributed by atoms with Gasteiger partial charge in [-0.3, -0.25) is 4.79 Å². The largest absolute Gasteiger partial charge is 0.368 e. The molecule has 5 heteroatoms. The summed E-state index contributed by atoms with van der Waals surface area (Å²) in [5.74, 6) is -0.116. The van der Waals surface area contributed by atoms with E-state index in [0.29, 0.717) is 5.56 Å². The molecule has 2 atom stereocenters. The van der Waals surface area contributed by atoms with Crippen LogP contribution in [0.15, 0.2) is 53.0 Å². The third-order valence-corrected chi connectivity index (χ3v) is 4.33. The third-order valence-electron chi connectivity index (χ3n) is 3.80. The molecule has 1 amide bonds. The average molecular weight is 375 g/mol. The van der Waals surface area contributed by atoms with E-state index in [1.54, 1.807) is 0 Å². The minimum absolute atomic E-state index is 0.0438. The van der Waals surface area contributed by atoms with Crippen molar-refractivity contribution in [1.29, 1.82) is 0 Å². The average Bonchev–Trinajstić information content (AvgIpc) is 2.57. The third kappa shape index (κ3) is 4.19. The monoisotopic (exact) mass is 374 g/mol. The maximum Gasteiger partial charge on any atom is 0.255 e. The second-order valence-corrected chi connectivity index (χ2v) is 6.59. The van der Waals surface area contributed by atoms with Crippen molar-refractivity contribution >= 4 is 27.5 Å². The first-order valence-corrected chi connectivity index (χ1v) is 8.44. The molecule has 0 aliphatic carbocycles. The Morgan fingerprint density at radius 1 is 1.13 bits per heavy atom. The number of amides is 1. The number of morpholine rings is 1. The van der Waals surface area contributed by atoms with Gasteiger partial charge in [0.15, 0.2) is 0 Å². The van der Waals surface area contributed by atoms with E-state index >= 15 is 0 Å². The first-order chi connectivity index (χ1) is 11.1. The number of ether oxygens (including phenoxy) is 1. The van der Waals surface area contributed by atoms with Crippen LogP contribution < -0.4 is 10.6 Å². The Balaban J connectivity index is 1.66. The molecule has 0 aromatic heterocycles. The van der Waals surface area contributed by atoms with Gasteiger partial charge >= 0.3 is 0 Å². The quantitative estimate of drug-likeness (QED) is 0.859. The molecule has 1 heterocycles. The molecule has 0 spiro atoms. The molecule has 0 bridgehead atoms. The lowest BCUT2D eigenvalue weighted by Crippen LogP contribution is -2.38. The summed E-state index contributed by atoms with van der Waals surface area (Å²) in [5.41, 5.74) is 2.49. The minimum Gasteiger partial charge on any atom is -0.368 e. The molecule has 1 aliphatic rings. The Morgan fingerprint density at radius 2 is 1.83 bits per heavy atom. The topological polar surface area (TPSA) is 50.4 Å². The first kappa shape index (κ1) is 16.2. The Hall–Kier alpha value is -1.69. The van der Waals surface area contributed by atoms with Gasteiger partial charge in [0.25, 0.3) is 5.91 Å².